The number of piperazine rings is 1. The number of nitrogens with zero attached hydrogens (tertiary/aromatic N) is 8. The van der Waals surface area contributed by atoms with E-state index in [-0.39, 0.29) is 0 Å². The van der Waals surface area contributed by atoms with Crippen molar-refractivity contribution >= 4 is 17.5 Å². The first kappa shape index (κ1) is 24.3. The van der Waals surface area contributed by atoms with Crippen LogP contribution in [0.1, 0.15) is 17.5 Å². The summed E-state index contributed by atoms with van der Waals surface area (Å²) in [5, 5.41) is 8.98. The minimum Gasteiger partial charge on any atom is -0.353 e. The van der Waals surface area contributed by atoms with Gasteiger partial charge in [0.2, 0.25) is 0 Å². The molecule has 3 saturated heterocycles. The molecule has 0 radical (unpaired) electrons. The second-order valence-electron chi connectivity index (χ2n) is 10.5. The van der Waals surface area contributed by atoms with E-state index >= 15 is 0 Å². The molecule has 7 heterocycles. The second-order valence-corrected chi connectivity index (χ2v) is 10.5. The lowest BCUT2D eigenvalue weighted by atomic mass is 9.87. The Kier molecular flexibility index (Phi) is 6.14. The van der Waals surface area contributed by atoms with Gasteiger partial charge in [0.15, 0.2) is 0 Å². The SMILES string of the molecule is CN=Cc1cnn2cc(-c3cnn(C)c3)cc(-c3ccc(N4CC5CC(C4)N5CC#Cc4ccccc4)nc3)c12. The molecule has 198 valence electrons. The standard InChI is InChI=1S/C32H30N8/c1-33-15-26-17-36-40-20-25(27-18-35-37(2)19-27)13-30(32(26)40)24-10-11-31(34-16-24)38-21-28-14-29(22-38)39(28)12-6-9-23-7-4-3-5-8-23/h3-5,7-8,10-11,13,15-20,28-29H,12,14,21-22H2,1-2H3. The van der Waals surface area contributed by atoms with Crippen molar-refractivity contribution in [1.82, 2.24) is 29.3 Å². The molecule has 1 aromatic carbocycles. The van der Waals surface area contributed by atoms with Crippen LogP contribution in [0.5, 0.6) is 0 Å². The van der Waals surface area contributed by atoms with E-state index in [4.69, 9.17) is 4.98 Å². The molecule has 4 aromatic heterocycles. The maximum Gasteiger partial charge on any atom is 0.128 e. The predicted octanol–water partition coefficient (Wildman–Crippen LogP) is 4.16. The Labute approximate surface area is 233 Å². The van der Waals surface area contributed by atoms with Gasteiger partial charge in [0.05, 0.1) is 24.5 Å². The summed E-state index contributed by atoms with van der Waals surface area (Å²) in [6.07, 6.45) is 12.9. The van der Waals surface area contributed by atoms with Crippen LogP contribution in [-0.2, 0) is 7.05 Å². The number of aliphatic imine (C=N–C) groups is 1. The highest BCUT2D eigenvalue weighted by Crippen LogP contribution is 2.35. The van der Waals surface area contributed by atoms with Crippen molar-refractivity contribution in [1.29, 1.82) is 0 Å². The number of pyridine rings is 2. The van der Waals surface area contributed by atoms with Gasteiger partial charge in [-0.25, -0.2) is 9.50 Å². The van der Waals surface area contributed by atoms with E-state index in [0.29, 0.717) is 12.1 Å². The summed E-state index contributed by atoms with van der Waals surface area (Å²) in [4.78, 5) is 14.1. The van der Waals surface area contributed by atoms with Gasteiger partial charge in [-0.15, -0.1) is 0 Å². The van der Waals surface area contributed by atoms with Crippen molar-refractivity contribution in [2.75, 3.05) is 31.6 Å². The summed E-state index contributed by atoms with van der Waals surface area (Å²) in [6, 6.07) is 17.8. The number of aromatic nitrogens is 5. The summed E-state index contributed by atoms with van der Waals surface area (Å²) in [5.41, 5.74) is 7.28. The van der Waals surface area contributed by atoms with E-state index in [1.165, 1.54) is 6.42 Å². The van der Waals surface area contributed by atoms with Crippen molar-refractivity contribution in [2.24, 2.45) is 12.0 Å². The van der Waals surface area contributed by atoms with Gasteiger partial charge in [0, 0.05) is 97.5 Å². The number of hydrogen-bond acceptors (Lipinski definition) is 6. The summed E-state index contributed by atoms with van der Waals surface area (Å²) >= 11 is 0. The Morgan fingerprint density at radius 2 is 1.80 bits per heavy atom. The molecule has 5 aromatic rings. The second kappa shape index (κ2) is 10.1. The third-order valence-electron chi connectivity index (χ3n) is 7.94. The quantitative estimate of drug-likeness (QED) is 0.254. The first-order valence-corrected chi connectivity index (χ1v) is 13.6. The lowest BCUT2D eigenvalue weighted by Crippen LogP contribution is -2.68. The Bertz CT molecular complexity index is 1740. The number of piperidine rings is 1. The van der Waals surface area contributed by atoms with Crippen LogP contribution < -0.4 is 4.90 Å². The van der Waals surface area contributed by atoms with E-state index in [1.54, 1.807) is 7.05 Å². The van der Waals surface area contributed by atoms with Crippen molar-refractivity contribution in [3.05, 3.63) is 90.6 Å². The maximum atomic E-state index is 4.93. The molecule has 3 fully saturated rings. The first-order chi connectivity index (χ1) is 19.7. The zero-order valence-electron chi connectivity index (χ0n) is 22.6. The van der Waals surface area contributed by atoms with E-state index in [2.05, 4.69) is 67.2 Å². The van der Waals surface area contributed by atoms with Crippen LogP contribution >= 0.6 is 0 Å². The molecule has 2 unspecified atom stereocenters. The normalized spacial score (nSPS) is 18.6. The zero-order valence-corrected chi connectivity index (χ0v) is 22.6. The summed E-state index contributed by atoms with van der Waals surface area (Å²) < 4.78 is 3.74. The Balaban J connectivity index is 1.12. The average molecular weight is 527 g/mol. The highest BCUT2D eigenvalue weighted by atomic mass is 15.4. The summed E-state index contributed by atoms with van der Waals surface area (Å²) in [6.45, 7) is 2.79. The molecule has 3 aliphatic heterocycles. The molecule has 8 nitrogen and oxygen atoms in total. The van der Waals surface area contributed by atoms with Crippen LogP contribution in [0.25, 0.3) is 27.8 Å². The Hall–Kier alpha value is -4.74. The molecule has 3 aliphatic rings. The molecule has 0 aliphatic carbocycles. The van der Waals surface area contributed by atoms with Gasteiger partial charge in [-0.05, 0) is 36.8 Å². The van der Waals surface area contributed by atoms with E-state index < -0.39 is 0 Å². The topological polar surface area (TPSA) is 66.8 Å². The largest absolute Gasteiger partial charge is 0.353 e. The lowest BCUT2D eigenvalue weighted by Gasteiger charge is -2.56. The van der Waals surface area contributed by atoms with Gasteiger partial charge in [-0.2, -0.15) is 10.2 Å². The fourth-order valence-electron chi connectivity index (χ4n) is 5.95. The molecule has 0 spiro atoms. The predicted molar refractivity (Wildman–Crippen MR) is 159 cm³/mol. The van der Waals surface area contributed by atoms with Crippen LogP contribution in [0.15, 0.2) is 84.5 Å². The van der Waals surface area contributed by atoms with Crippen LogP contribution in [0.3, 0.4) is 0 Å². The van der Waals surface area contributed by atoms with Gasteiger partial charge in [-0.1, -0.05) is 30.0 Å². The molecule has 8 heteroatoms. The van der Waals surface area contributed by atoms with E-state index in [0.717, 1.165) is 64.3 Å². The average Bonchev–Trinajstić information content (AvgIpc) is 3.62. The first-order valence-electron chi connectivity index (χ1n) is 13.6. The molecule has 2 atom stereocenters. The maximum absolute atomic E-state index is 4.93. The third-order valence-corrected chi connectivity index (χ3v) is 7.94. The van der Waals surface area contributed by atoms with Crippen molar-refractivity contribution in [2.45, 2.75) is 18.5 Å². The molecule has 2 bridgehead atoms. The number of benzene rings is 1. The fourth-order valence-corrected chi connectivity index (χ4v) is 5.95. The van der Waals surface area contributed by atoms with Gasteiger partial charge in [-0.3, -0.25) is 14.6 Å². The number of anilines is 1. The Morgan fingerprint density at radius 3 is 2.52 bits per heavy atom. The van der Waals surface area contributed by atoms with Crippen molar-refractivity contribution in [3.8, 4) is 34.1 Å². The van der Waals surface area contributed by atoms with E-state index in [1.807, 2.05) is 71.6 Å². The van der Waals surface area contributed by atoms with Gasteiger partial charge < -0.3 is 4.90 Å². The Morgan fingerprint density at radius 1 is 0.950 bits per heavy atom. The molecular formula is C32H30N8. The van der Waals surface area contributed by atoms with Gasteiger partial charge in [0.1, 0.15) is 5.82 Å². The molecule has 0 N–H and O–H groups in total. The van der Waals surface area contributed by atoms with Crippen LogP contribution in [0, 0.1) is 11.8 Å². The van der Waals surface area contributed by atoms with Crippen molar-refractivity contribution in [3.63, 3.8) is 0 Å². The minimum atomic E-state index is 0.531. The molecular weight excluding hydrogens is 496 g/mol. The lowest BCUT2D eigenvalue weighted by molar-refractivity contribution is 0.0125. The molecule has 0 amide bonds. The summed E-state index contributed by atoms with van der Waals surface area (Å²) in [5.74, 6) is 7.70. The van der Waals surface area contributed by atoms with Crippen molar-refractivity contribution < 1.29 is 0 Å². The fraction of sp³-hybridized carbons (Fsp3) is 0.250. The molecule has 40 heavy (non-hydrogen) atoms. The number of aryl methyl sites for hydroxylation is 1. The zero-order chi connectivity index (χ0) is 27.1. The highest BCUT2D eigenvalue weighted by Gasteiger charge is 2.44. The van der Waals surface area contributed by atoms with Gasteiger partial charge in [0.25, 0.3) is 0 Å². The van der Waals surface area contributed by atoms with Crippen LogP contribution in [-0.4, -0.2) is 74.3 Å². The molecule has 0 saturated carbocycles. The number of fused-ring (bicyclic) bond motifs is 3. The third kappa shape index (κ3) is 4.44. The van der Waals surface area contributed by atoms with Gasteiger partial charge >= 0.3 is 0 Å². The monoisotopic (exact) mass is 526 g/mol. The smallest absolute Gasteiger partial charge is 0.128 e. The molecule has 8 rings (SSSR count). The van der Waals surface area contributed by atoms with Crippen LogP contribution in [0.4, 0.5) is 5.82 Å². The minimum absolute atomic E-state index is 0.531. The van der Waals surface area contributed by atoms with E-state index in [9.17, 15) is 0 Å². The highest BCUT2D eigenvalue weighted by molar-refractivity contribution is 5.97. The number of hydrogen-bond donors (Lipinski definition) is 0. The number of rotatable bonds is 5. The van der Waals surface area contributed by atoms with Crippen LogP contribution in [0.2, 0.25) is 0 Å². The summed E-state index contributed by atoms with van der Waals surface area (Å²) in [7, 11) is 3.71.